The van der Waals surface area contributed by atoms with Gasteiger partial charge >= 0.3 is 5.97 Å². The Bertz CT molecular complexity index is 508. The standard InChI is InChI=1S/C14H15BrO3/c1-7(2)8-3-4-9-6-11(14(17)18)12(15)13(16)10(9)5-8/h3-5,7,11-12H,6H2,1-2H3,(H,17,18). The molecule has 1 aliphatic rings. The van der Waals surface area contributed by atoms with E-state index >= 15 is 0 Å². The van der Waals surface area contributed by atoms with Gasteiger partial charge in [0.15, 0.2) is 5.78 Å². The highest BCUT2D eigenvalue weighted by Crippen LogP contribution is 2.32. The van der Waals surface area contributed by atoms with Crippen LogP contribution in [0.3, 0.4) is 0 Å². The van der Waals surface area contributed by atoms with Crippen LogP contribution in [0.1, 0.15) is 41.3 Å². The summed E-state index contributed by atoms with van der Waals surface area (Å²) in [5, 5.41) is 9.11. The van der Waals surface area contributed by atoms with Crippen molar-refractivity contribution in [3.05, 3.63) is 34.9 Å². The van der Waals surface area contributed by atoms with Gasteiger partial charge in [0, 0.05) is 5.56 Å². The van der Waals surface area contributed by atoms with Gasteiger partial charge in [-0.05, 0) is 29.5 Å². The summed E-state index contributed by atoms with van der Waals surface area (Å²) in [6.07, 6.45) is 0.407. The molecule has 4 heteroatoms. The topological polar surface area (TPSA) is 54.4 Å². The lowest BCUT2D eigenvalue weighted by Gasteiger charge is -2.26. The summed E-state index contributed by atoms with van der Waals surface area (Å²) >= 11 is 3.22. The number of hydrogen-bond donors (Lipinski definition) is 1. The van der Waals surface area contributed by atoms with Crippen molar-refractivity contribution in [2.75, 3.05) is 0 Å². The molecule has 0 aliphatic heterocycles. The van der Waals surface area contributed by atoms with E-state index in [2.05, 4.69) is 29.8 Å². The van der Waals surface area contributed by atoms with Crippen LogP contribution in [0.5, 0.6) is 0 Å². The minimum Gasteiger partial charge on any atom is -0.481 e. The number of rotatable bonds is 2. The minimum absolute atomic E-state index is 0.119. The summed E-state index contributed by atoms with van der Waals surface area (Å²) < 4.78 is 0. The fourth-order valence-electron chi connectivity index (χ4n) is 2.24. The molecule has 0 spiro atoms. The zero-order chi connectivity index (χ0) is 13.4. The maximum atomic E-state index is 12.2. The number of benzene rings is 1. The average molecular weight is 311 g/mol. The van der Waals surface area contributed by atoms with E-state index in [1.807, 2.05) is 18.2 Å². The second-order valence-corrected chi connectivity index (χ2v) is 5.97. The van der Waals surface area contributed by atoms with Crippen LogP contribution in [-0.4, -0.2) is 21.7 Å². The van der Waals surface area contributed by atoms with Gasteiger partial charge in [-0.2, -0.15) is 0 Å². The number of carbonyl (C=O) groups is 2. The molecule has 0 saturated heterocycles. The van der Waals surface area contributed by atoms with E-state index < -0.39 is 16.7 Å². The summed E-state index contributed by atoms with van der Waals surface area (Å²) in [7, 11) is 0. The predicted octanol–water partition coefficient (Wildman–Crippen LogP) is 3.01. The summed E-state index contributed by atoms with van der Waals surface area (Å²) in [6.45, 7) is 4.14. The van der Waals surface area contributed by atoms with Crippen LogP contribution in [0.2, 0.25) is 0 Å². The first-order valence-electron chi connectivity index (χ1n) is 5.95. The molecular weight excluding hydrogens is 296 g/mol. The maximum Gasteiger partial charge on any atom is 0.308 e. The number of fused-ring (bicyclic) bond motifs is 1. The average Bonchev–Trinajstić information content (AvgIpc) is 2.32. The second kappa shape index (κ2) is 4.84. The summed E-state index contributed by atoms with van der Waals surface area (Å²) in [5.41, 5.74) is 2.61. The molecule has 0 fully saturated rings. The summed E-state index contributed by atoms with van der Waals surface area (Å²) in [5.74, 6) is -1.36. The van der Waals surface area contributed by atoms with Crippen LogP contribution >= 0.6 is 15.9 Å². The van der Waals surface area contributed by atoms with E-state index in [9.17, 15) is 9.59 Å². The maximum absolute atomic E-state index is 12.2. The molecule has 1 aliphatic carbocycles. The van der Waals surface area contributed by atoms with Gasteiger partial charge in [-0.15, -0.1) is 0 Å². The minimum atomic E-state index is -0.927. The largest absolute Gasteiger partial charge is 0.481 e. The van der Waals surface area contributed by atoms with Crippen LogP contribution in [-0.2, 0) is 11.2 Å². The van der Waals surface area contributed by atoms with E-state index in [1.165, 1.54) is 0 Å². The molecule has 2 atom stereocenters. The van der Waals surface area contributed by atoms with Gasteiger partial charge in [0.25, 0.3) is 0 Å². The highest BCUT2D eigenvalue weighted by Gasteiger charge is 2.38. The number of aliphatic carboxylic acids is 1. The van der Waals surface area contributed by atoms with E-state index in [-0.39, 0.29) is 5.78 Å². The first-order valence-corrected chi connectivity index (χ1v) is 6.87. The van der Waals surface area contributed by atoms with Gasteiger partial charge < -0.3 is 5.11 Å². The molecule has 1 aromatic carbocycles. The van der Waals surface area contributed by atoms with Gasteiger partial charge in [-0.25, -0.2) is 0 Å². The normalized spacial score (nSPS) is 23.0. The van der Waals surface area contributed by atoms with E-state index in [0.29, 0.717) is 17.9 Å². The van der Waals surface area contributed by atoms with Crippen molar-refractivity contribution >= 4 is 27.7 Å². The van der Waals surface area contributed by atoms with Crippen LogP contribution in [0.25, 0.3) is 0 Å². The molecule has 0 aromatic heterocycles. The molecule has 2 unspecified atom stereocenters. The van der Waals surface area contributed by atoms with Gasteiger partial charge in [-0.1, -0.05) is 41.9 Å². The van der Waals surface area contributed by atoms with Crippen molar-refractivity contribution in [3.63, 3.8) is 0 Å². The molecule has 1 N–H and O–H groups in total. The van der Waals surface area contributed by atoms with Crippen LogP contribution in [0.15, 0.2) is 18.2 Å². The van der Waals surface area contributed by atoms with Crippen molar-refractivity contribution in [1.82, 2.24) is 0 Å². The Morgan fingerprint density at radius 2 is 2.11 bits per heavy atom. The zero-order valence-corrected chi connectivity index (χ0v) is 11.9. The number of carboxylic acids is 1. The van der Waals surface area contributed by atoms with Crippen LogP contribution in [0, 0.1) is 5.92 Å². The van der Waals surface area contributed by atoms with Crippen molar-refractivity contribution in [2.45, 2.75) is 31.0 Å². The molecule has 0 radical (unpaired) electrons. The summed E-state index contributed by atoms with van der Waals surface area (Å²) in [6, 6.07) is 5.76. The molecule has 0 heterocycles. The van der Waals surface area contributed by atoms with Crippen molar-refractivity contribution in [2.24, 2.45) is 5.92 Å². The first-order chi connectivity index (χ1) is 8.41. The quantitative estimate of drug-likeness (QED) is 0.854. The van der Waals surface area contributed by atoms with Gasteiger partial charge in [0.05, 0.1) is 10.7 Å². The zero-order valence-electron chi connectivity index (χ0n) is 10.3. The molecule has 18 heavy (non-hydrogen) atoms. The van der Waals surface area contributed by atoms with Gasteiger partial charge in [0.2, 0.25) is 0 Å². The van der Waals surface area contributed by atoms with Gasteiger partial charge in [0.1, 0.15) is 0 Å². The number of alkyl halides is 1. The fourth-order valence-corrected chi connectivity index (χ4v) is 2.90. The lowest BCUT2D eigenvalue weighted by atomic mass is 9.81. The molecule has 1 aromatic rings. The van der Waals surface area contributed by atoms with E-state index in [4.69, 9.17) is 5.11 Å². The third kappa shape index (κ3) is 2.21. The predicted molar refractivity (Wildman–Crippen MR) is 72.4 cm³/mol. The Morgan fingerprint density at radius 1 is 1.44 bits per heavy atom. The van der Waals surface area contributed by atoms with Crippen LogP contribution in [0.4, 0.5) is 0 Å². The molecule has 96 valence electrons. The fraction of sp³-hybridized carbons (Fsp3) is 0.429. The third-order valence-corrected chi connectivity index (χ3v) is 4.48. The Labute approximate surface area is 114 Å². The lowest BCUT2D eigenvalue weighted by Crippen LogP contribution is -2.37. The second-order valence-electron chi connectivity index (χ2n) is 4.99. The number of Topliss-reactive ketones (excluding diaryl/α,β-unsaturated/α-hetero) is 1. The number of ketones is 1. The number of carbonyl (C=O) groups excluding carboxylic acids is 1. The Kier molecular flexibility index (Phi) is 3.57. The third-order valence-electron chi connectivity index (χ3n) is 3.43. The molecule has 0 amide bonds. The Morgan fingerprint density at radius 3 is 2.67 bits per heavy atom. The van der Waals surface area contributed by atoms with Crippen LogP contribution < -0.4 is 0 Å². The number of hydrogen-bond acceptors (Lipinski definition) is 2. The Hall–Kier alpha value is -1.16. The highest BCUT2D eigenvalue weighted by molar-refractivity contribution is 9.10. The van der Waals surface area contributed by atoms with Gasteiger partial charge in [-0.3, -0.25) is 9.59 Å². The molecule has 0 saturated carbocycles. The van der Waals surface area contributed by atoms with E-state index in [1.54, 1.807) is 0 Å². The van der Waals surface area contributed by atoms with Crippen molar-refractivity contribution in [3.8, 4) is 0 Å². The first kappa shape index (κ1) is 13.3. The number of carboxylic acid groups (broad SMARTS) is 1. The molecule has 0 bridgehead atoms. The molecular formula is C14H15BrO3. The highest BCUT2D eigenvalue weighted by atomic mass is 79.9. The van der Waals surface area contributed by atoms with Crippen molar-refractivity contribution in [1.29, 1.82) is 0 Å². The number of halogens is 1. The smallest absolute Gasteiger partial charge is 0.308 e. The monoisotopic (exact) mass is 310 g/mol. The van der Waals surface area contributed by atoms with E-state index in [0.717, 1.165) is 11.1 Å². The molecule has 2 rings (SSSR count). The Balaban J connectivity index is 2.45. The lowest BCUT2D eigenvalue weighted by molar-refractivity contribution is -0.141. The molecule has 3 nitrogen and oxygen atoms in total. The van der Waals surface area contributed by atoms with Crippen molar-refractivity contribution < 1.29 is 14.7 Å². The summed E-state index contributed by atoms with van der Waals surface area (Å²) in [4.78, 5) is 22.7. The SMILES string of the molecule is CC(C)c1ccc2c(c1)C(=O)C(Br)C(C(=O)O)C2.